The summed E-state index contributed by atoms with van der Waals surface area (Å²) in [6.07, 6.45) is 1.30. The van der Waals surface area contributed by atoms with E-state index in [1.165, 1.54) is 6.26 Å². The van der Waals surface area contributed by atoms with Gasteiger partial charge in [0.1, 0.15) is 9.84 Å². The van der Waals surface area contributed by atoms with Crippen LogP contribution in [0.2, 0.25) is 0 Å². The number of piperazine rings is 1. The Kier molecular flexibility index (Phi) is 4.47. The first-order chi connectivity index (χ1) is 8.85. The molecule has 1 aromatic rings. The third kappa shape index (κ3) is 4.15. The Morgan fingerprint density at radius 2 is 2.21 bits per heavy atom. The Hall–Kier alpha value is -0.660. The van der Waals surface area contributed by atoms with E-state index in [2.05, 4.69) is 27.1 Å². The van der Waals surface area contributed by atoms with Gasteiger partial charge in [-0.15, -0.1) is 11.3 Å². The lowest BCUT2D eigenvalue weighted by atomic mass is 10.2. The van der Waals surface area contributed by atoms with E-state index in [4.69, 9.17) is 0 Å². The minimum Gasteiger partial charge on any atom is -0.343 e. The molecule has 1 atom stereocenters. The van der Waals surface area contributed by atoms with E-state index >= 15 is 0 Å². The van der Waals surface area contributed by atoms with Crippen molar-refractivity contribution in [3.8, 4) is 0 Å². The molecule has 1 saturated heterocycles. The maximum Gasteiger partial charge on any atom is 0.185 e. The van der Waals surface area contributed by atoms with Gasteiger partial charge in [-0.2, -0.15) is 0 Å². The van der Waals surface area contributed by atoms with Crippen molar-refractivity contribution in [3.63, 3.8) is 0 Å². The van der Waals surface area contributed by atoms with Gasteiger partial charge in [0, 0.05) is 43.9 Å². The second-order valence-electron chi connectivity index (χ2n) is 5.24. The molecule has 1 fully saturated rings. The zero-order valence-corrected chi connectivity index (χ0v) is 13.3. The molecule has 108 valence electrons. The van der Waals surface area contributed by atoms with Gasteiger partial charge in [0.15, 0.2) is 5.13 Å². The highest BCUT2D eigenvalue weighted by Gasteiger charge is 2.25. The quantitative estimate of drug-likeness (QED) is 0.831. The normalized spacial score (nSPS) is 21.8. The van der Waals surface area contributed by atoms with Gasteiger partial charge in [-0.25, -0.2) is 13.4 Å². The smallest absolute Gasteiger partial charge is 0.185 e. The molecule has 1 unspecified atom stereocenters. The van der Waals surface area contributed by atoms with Crippen LogP contribution in [-0.2, 0) is 9.84 Å². The molecule has 2 rings (SSSR count). The fourth-order valence-corrected chi connectivity index (χ4v) is 3.81. The maximum absolute atomic E-state index is 11.2. The van der Waals surface area contributed by atoms with Gasteiger partial charge in [-0.05, 0) is 13.8 Å². The highest BCUT2D eigenvalue weighted by atomic mass is 32.2. The highest BCUT2D eigenvalue weighted by molar-refractivity contribution is 7.90. The van der Waals surface area contributed by atoms with Crippen molar-refractivity contribution in [2.75, 3.05) is 43.1 Å². The summed E-state index contributed by atoms with van der Waals surface area (Å²) in [5.41, 5.74) is 1.06. The Bertz CT molecular complexity index is 527. The number of aryl methyl sites for hydroxylation is 1. The molecule has 0 spiro atoms. The molecule has 0 radical (unpaired) electrons. The Labute approximate surface area is 119 Å². The maximum atomic E-state index is 11.2. The fourth-order valence-electron chi connectivity index (χ4n) is 2.29. The molecule has 0 aliphatic carbocycles. The Morgan fingerprint density at radius 3 is 2.74 bits per heavy atom. The van der Waals surface area contributed by atoms with Crippen LogP contribution in [0.15, 0.2) is 5.38 Å². The minimum absolute atomic E-state index is 0.246. The van der Waals surface area contributed by atoms with Crippen LogP contribution in [0.4, 0.5) is 5.13 Å². The summed E-state index contributed by atoms with van der Waals surface area (Å²) >= 11 is 1.68. The van der Waals surface area contributed by atoms with Crippen LogP contribution in [-0.4, -0.2) is 62.5 Å². The number of rotatable bonds is 4. The lowest BCUT2D eigenvalue weighted by molar-refractivity contribution is 0.240. The molecule has 2 heterocycles. The van der Waals surface area contributed by atoms with Crippen molar-refractivity contribution in [2.24, 2.45) is 0 Å². The number of sulfone groups is 1. The van der Waals surface area contributed by atoms with Crippen LogP contribution >= 0.6 is 11.3 Å². The molecule has 5 nitrogen and oxygen atoms in total. The molecular formula is C12H21N3O2S2. The molecule has 0 aromatic carbocycles. The largest absolute Gasteiger partial charge is 0.343 e. The van der Waals surface area contributed by atoms with Crippen LogP contribution < -0.4 is 4.90 Å². The molecule has 1 aliphatic rings. The monoisotopic (exact) mass is 303 g/mol. The summed E-state index contributed by atoms with van der Waals surface area (Å²) in [7, 11) is -2.87. The van der Waals surface area contributed by atoms with Gasteiger partial charge < -0.3 is 4.90 Å². The summed E-state index contributed by atoms with van der Waals surface area (Å²) in [4.78, 5) is 9.06. The minimum atomic E-state index is -2.87. The van der Waals surface area contributed by atoms with Crippen molar-refractivity contribution in [1.29, 1.82) is 0 Å². The fraction of sp³-hybridized carbons (Fsp3) is 0.750. The molecule has 0 amide bonds. The SMILES string of the molecule is Cc1csc(N2CCN(CCS(C)(=O)=O)CC2C)n1. The third-order valence-corrected chi connectivity index (χ3v) is 5.26. The average Bonchev–Trinajstić information content (AvgIpc) is 2.72. The van der Waals surface area contributed by atoms with E-state index < -0.39 is 9.84 Å². The standard InChI is InChI=1S/C12H21N3O2S2/c1-10-9-18-12(13-10)15-5-4-14(8-11(15)2)6-7-19(3,16)17/h9,11H,4-8H2,1-3H3. The highest BCUT2D eigenvalue weighted by Crippen LogP contribution is 2.24. The lowest BCUT2D eigenvalue weighted by Gasteiger charge is -2.39. The summed E-state index contributed by atoms with van der Waals surface area (Å²) in [6.45, 7) is 7.52. The zero-order valence-electron chi connectivity index (χ0n) is 11.7. The molecule has 0 bridgehead atoms. The van der Waals surface area contributed by atoms with Gasteiger partial charge in [0.05, 0.1) is 11.4 Å². The van der Waals surface area contributed by atoms with Gasteiger partial charge in [-0.1, -0.05) is 0 Å². The molecule has 19 heavy (non-hydrogen) atoms. The van der Waals surface area contributed by atoms with E-state index in [1.807, 2.05) is 6.92 Å². The van der Waals surface area contributed by atoms with Crippen molar-refractivity contribution in [3.05, 3.63) is 11.1 Å². The van der Waals surface area contributed by atoms with Gasteiger partial charge >= 0.3 is 0 Å². The molecule has 0 N–H and O–H groups in total. The van der Waals surface area contributed by atoms with Crippen LogP contribution in [0.1, 0.15) is 12.6 Å². The molecule has 1 aliphatic heterocycles. The summed E-state index contributed by atoms with van der Waals surface area (Å²) < 4.78 is 22.4. The van der Waals surface area contributed by atoms with E-state index in [9.17, 15) is 8.42 Å². The van der Waals surface area contributed by atoms with Gasteiger partial charge in [-0.3, -0.25) is 4.90 Å². The predicted octanol–water partition coefficient (Wildman–Crippen LogP) is 1.01. The predicted molar refractivity (Wildman–Crippen MR) is 79.8 cm³/mol. The van der Waals surface area contributed by atoms with E-state index in [0.29, 0.717) is 12.6 Å². The number of aromatic nitrogens is 1. The lowest BCUT2D eigenvalue weighted by Crippen LogP contribution is -2.52. The summed E-state index contributed by atoms with van der Waals surface area (Å²) in [5.74, 6) is 0.246. The number of nitrogens with zero attached hydrogens (tertiary/aromatic N) is 3. The Morgan fingerprint density at radius 1 is 1.47 bits per heavy atom. The van der Waals surface area contributed by atoms with Crippen molar-refractivity contribution < 1.29 is 8.42 Å². The average molecular weight is 303 g/mol. The second kappa shape index (κ2) is 5.76. The van der Waals surface area contributed by atoms with Crippen molar-refractivity contribution in [2.45, 2.75) is 19.9 Å². The van der Waals surface area contributed by atoms with Crippen molar-refractivity contribution >= 4 is 26.3 Å². The van der Waals surface area contributed by atoms with Gasteiger partial charge in [0.25, 0.3) is 0 Å². The molecule has 7 heteroatoms. The topological polar surface area (TPSA) is 53.5 Å². The first-order valence-corrected chi connectivity index (χ1v) is 9.38. The van der Waals surface area contributed by atoms with Gasteiger partial charge in [0.2, 0.25) is 0 Å². The number of anilines is 1. The first kappa shape index (κ1) is 14.7. The number of hydrogen-bond acceptors (Lipinski definition) is 6. The van der Waals surface area contributed by atoms with Crippen LogP contribution in [0.25, 0.3) is 0 Å². The van der Waals surface area contributed by atoms with E-state index in [-0.39, 0.29) is 5.75 Å². The van der Waals surface area contributed by atoms with Crippen LogP contribution in [0, 0.1) is 6.92 Å². The summed E-state index contributed by atoms with van der Waals surface area (Å²) in [6, 6.07) is 0.374. The zero-order chi connectivity index (χ0) is 14.0. The number of hydrogen-bond donors (Lipinski definition) is 0. The van der Waals surface area contributed by atoms with E-state index in [1.54, 1.807) is 11.3 Å². The molecule has 0 saturated carbocycles. The van der Waals surface area contributed by atoms with Crippen molar-refractivity contribution in [1.82, 2.24) is 9.88 Å². The second-order valence-corrected chi connectivity index (χ2v) is 8.34. The third-order valence-electron chi connectivity index (χ3n) is 3.34. The molecule has 1 aromatic heterocycles. The molecular weight excluding hydrogens is 282 g/mol. The Balaban J connectivity index is 1.91. The summed E-state index contributed by atoms with van der Waals surface area (Å²) in [5, 5.41) is 3.14. The van der Waals surface area contributed by atoms with Crippen LogP contribution in [0.5, 0.6) is 0 Å². The first-order valence-electron chi connectivity index (χ1n) is 6.44. The number of thiazole rings is 1. The van der Waals surface area contributed by atoms with Crippen LogP contribution in [0.3, 0.4) is 0 Å². The van der Waals surface area contributed by atoms with E-state index in [0.717, 1.165) is 30.5 Å².